The lowest BCUT2D eigenvalue weighted by molar-refractivity contribution is -0.147. The molecule has 0 aliphatic heterocycles. The summed E-state index contributed by atoms with van der Waals surface area (Å²) in [6.45, 7) is 15.0. The Morgan fingerprint density at radius 2 is 1.32 bits per heavy atom. The van der Waals surface area contributed by atoms with Gasteiger partial charge in [-0.05, 0) is 30.6 Å². The van der Waals surface area contributed by atoms with Gasteiger partial charge in [0.15, 0.2) is 0 Å². The number of hydrogen-bond donors (Lipinski definition) is 0. The summed E-state index contributed by atoms with van der Waals surface area (Å²) in [7, 11) is 0. The highest BCUT2D eigenvalue weighted by atomic mass is 16.5. The van der Waals surface area contributed by atoms with Crippen LogP contribution in [0.15, 0.2) is 0 Å². The van der Waals surface area contributed by atoms with Crippen molar-refractivity contribution in [1.82, 2.24) is 4.90 Å². The summed E-state index contributed by atoms with van der Waals surface area (Å²) in [5, 5.41) is 0. The lowest BCUT2D eigenvalue weighted by atomic mass is 9.95. The van der Waals surface area contributed by atoms with E-state index in [-0.39, 0.29) is 24.7 Å². The van der Waals surface area contributed by atoms with Gasteiger partial charge in [0.1, 0.15) is 0 Å². The van der Waals surface area contributed by atoms with Crippen LogP contribution in [0.25, 0.3) is 0 Å². The fourth-order valence-electron chi connectivity index (χ4n) is 3.44. The summed E-state index contributed by atoms with van der Waals surface area (Å²) in [4.78, 5) is 26.9. The van der Waals surface area contributed by atoms with Crippen LogP contribution in [0.4, 0.5) is 0 Å². The summed E-state index contributed by atoms with van der Waals surface area (Å²) in [6, 6.07) is 0. The van der Waals surface area contributed by atoms with Gasteiger partial charge in [-0.15, -0.1) is 0 Å². The quantitative estimate of drug-likeness (QED) is 0.273. The molecular weight excluding hydrogens is 350 g/mol. The van der Waals surface area contributed by atoms with Crippen LogP contribution in [0, 0.1) is 17.8 Å². The maximum atomic E-state index is 13.0. The molecule has 0 aliphatic rings. The number of amides is 1. The van der Waals surface area contributed by atoms with Crippen molar-refractivity contribution in [1.29, 1.82) is 0 Å². The smallest absolute Gasteiger partial charge is 0.306 e. The van der Waals surface area contributed by atoms with Crippen molar-refractivity contribution in [3.05, 3.63) is 0 Å². The standard InChI is InChI=1S/C24H47NO3/c1-7-11-13-21(9-3)17-25(18-22(10-4)14-12-8-2)23(26)15-16-24(27)28-19-20(5)6/h20-22H,7-19H2,1-6H3. The van der Waals surface area contributed by atoms with Crippen molar-refractivity contribution in [2.24, 2.45) is 17.8 Å². The maximum Gasteiger partial charge on any atom is 0.306 e. The third-order valence-corrected chi connectivity index (χ3v) is 5.52. The molecule has 0 spiro atoms. The Kier molecular flexibility index (Phi) is 16.2. The molecule has 2 unspecified atom stereocenters. The Balaban J connectivity index is 4.87. The summed E-state index contributed by atoms with van der Waals surface area (Å²) in [5.74, 6) is 1.30. The molecule has 0 aliphatic carbocycles. The third-order valence-electron chi connectivity index (χ3n) is 5.52. The maximum absolute atomic E-state index is 13.0. The molecule has 0 saturated heterocycles. The number of nitrogens with zero attached hydrogens (tertiary/aromatic N) is 1. The summed E-state index contributed by atoms with van der Waals surface area (Å²) < 4.78 is 5.23. The molecule has 28 heavy (non-hydrogen) atoms. The number of unbranched alkanes of at least 4 members (excludes halogenated alkanes) is 2. The first-order valence-corrected chi connectivity index (χ1v) is 11.8. The number of carbonyl (C=O) groups is 2. The second-order valence-electron chi connectivity index (χ2n) is 8.71. The molecule has 0 aromatic carbocycles. The lowest BCUT2D eigenvalue weighted by Crippen LogP contribution is -2.39. The van der Waals surface area contributed by atoms with Gasteiger partial charge in [-0.25, -0.2) is 0 Å². The number of hydrogen-bond acceptors (Lipinski definition) is 3. The highest BCUT2D eigenvalue weighted by molar-refractivity contribution is 5.81. The first kappa shape index (κ1) is 26.9. The van der Waals surface area contributed by atoms with Gasteiger partial charge in [0.25, 0.3) is 0 Å². The van der Waals surface area contributed by atoms with E-state index in [1.54, 1.807) is 0 Å². The Hall–Kier alpha value is -1.06. The molecule has 0 aromatic heterocycles. The zero-order valence-electron chi connectivity index (χ0n) is 19.6. The van der Waals surface area contributed by atoms with Crippen LogP contribution in [0.2, 0.25) is 0 Å². The van der Waals surface area contributed by atoms with Gasteiger partial charge in [-0.1, -0.05) is 80.1 Å². The fraction of sp³-hybridized carbons (Fsp3) is 0.917. The monoisotopic (exact) mass is 397 g/mol. The normalized spacial score (nSPS) is 13.4. The van der Waals surface area contributed by atoms with Gasteiger partial charge in [-0.3, -0.25) is 9.59 Å². The zero-order chi connectivity index (χ0) is 21.4. The van der Waals surface area contributed by atoms with Gasteiger partial charge >= 0.3 is 5.97 Å². The topological polar surface area (TPSA) is 46.6 Å². The first-order valence-electron chi connectivity index (χ1n) is 11.8. The van der Waals surface area contributed by atoms with E-state index in [9.17, 15) is 9.59 Å². The van der Waals surface area contributed by atoms with Crippen molar-refractivity contribution in [3.8, 4) is 0 Å². The number of ether oxygens (including phenoxy) is 1. The Bertz CT molecular complexity index is 391. The van der Waals surface area contributed by atoms with E-state index in [1.165, 1.54) is 38.5 Å². The SMILES string of the molecule is CCCCC(CC)CN(CC(CC)CCCC)C(=O)CCC(=O)OCC(C)C. The van der Waals surface area contributed by atoms with Gasteiger partial charge in [0.2, 0.25) is 5.91 Å². The van der Waals surface area contributed by atoms with Crippen molar-refractivity contribution in [2.45, 2.75) is 106 Å². The summed E-state index contributed by atoms with van der Waals surface area (Å²) >= 11 is 0. The van der Waals surface area contributed by atoms with Crippen molar-refractivity contribution in [3.63, 3.8) is 0 Å². The van der Waals surface area contributed by atoms with Crippen LogP contribution >= 0.6 is 0 Å². The van der Waals surface area contributed by atoms with Crippen LogP contribution in [-0.4, -0.2) is 36.5 Å². The van der Waals surface area contributed by atoms with Gasteiger partial charge in [0, 0.05) is 19.5 Å². The predicted octanol–water partition coefficient (Wildman–Crippen LogP) is 6.23. The third kappa shape index (κ3) is 13.2. The van der Waals surface area contributed by atoms with Crippen LogP contribution in [-0.2, 0) is 14.3 Å². The molecular formula is C24H47NO3. The molecule has 0 heterocycles. The number of esters is 1. The predicted molar refractivity (Wildman–Crippen MR) is 118 cm³/mol. The molecule has 2 atom stereocenters. The lowest BCUT2D eigenvalue weighted by Gasteiger charge is -2.31. The van der Waals surface area contributed by atoms with Crippen molar-refractivity contribution >= 4 is 11.9 Å². The molecule has 4 nitrogen and oxygen atoms in total. The molecule has 0 N–H and O–H groups in total. The molecule has 0 radical (unpaired) electrons. The van der Waals surface area contributed by atoms with Crippen LogP contribution < -0.4 is 0 Å². The van der Waals surface area contributed by atoms with Crippen molar-refractivity contribution < 1.29 is 14.3 Å². The molecule has 1 amide bonds. The summed E-state index contributed by atoms with van der Waals surface area (Å²) in [5.41, 5.74) is 0. The van der Waals surface area contributed by atoms with Crippen molar-refractivity contribution in [2.75, 3.05) is 19.7 Å². The fourth-order valence-corrected chi connectivity index (χ4v) is 3.44. The minimum Gasteiger partial charge on any atom is -0.465 e. The van der Waals surface area contributed by atoms with Gasteiger partial charge < -0.3 is 9.64 Å². The average molecular weight is 398 g/mol. The Labute approximate surface area is 174 Å². The molecule has 166 valence electrons. The summed E-state index contributed by atoms with van der Waals surface area (Å²) in [6.07, 6.45) is 9.85. The van der Waals surface area contributed by atoms with Crippen LogP contribution in [0.5, 0.6) is 0 Å². The van der Waals surface area contributed by atoms with E-state index in [0.717, 1.165) is 25.9 Å². The Morgan fingerprint density at radius 1 is 0.821 bits per heavy atom. The number of rotatable bonds is 17. The van der Waals surface area contributed by atoms with Gasteiger partial charge in [-0.2, -0.15) is 0 Å². The minimum atomic E-state index is -0.252. The molecule has 0 aromatic rings. The van der Waals surface area contributed by atoms with E-state index >= 15 is 0 Å². The molecule has 0 fully saturated rings. The van der Waals surface area contributed by atoms with Gasteiger partial charge in [0.05, 0.1) is 13.0 Å². The number of carbonyl (C=O) groups excluding carboxylic acids is 2. The molecule has 4 heteroatoms. The van der Waals surface area contributed by atoms with E-state index in [0.29, 0.717) is 24.4 Å². The highest BCUT2D eigenvalue weighted by Crippen LogP contribution is 2.20. The molecule has 0 rings (SSSR count). The molecule has 0 bridgehead atoms. The second kappa shape index (κ2) is 16.9. The van der Waals surface area contributed by atoms with E-state index < -0.39 is 0 Å². The van der Waals surface area contributed by atoms with Crippen LogP contribution in [0.3, 0.4) is 0 Å². The van der Waals surface area contributed by atoms with E-state index in [4.69, 9.17) is 4.74 Å². The average Bonchev–Trinajstić information content (AvgIpc) is 2.69. The largest absolute Gasteiger partial charge is 0.465 e. The Morgan fingerprint density at radius 3 is 1.71 bits per heavy atom. The van der Waals surface area contributed by atoms with Crippen LogP contribution in [0.1, 0.15) is 106 Å². The highest BCUT2D eigenvalue weighted by Gasteiger charge is 2.22. The second-order valence-corrected chi connectivity index (χ2v) is 8.71. The van der Waals surface area contributed by atoms with E-state index in [2.05, 4.69) is 32.6 Å². The molecule has 0 saturated carbocycles. The first-order chi connectivity index (χ1) is 13.4. The minimum absolute atomic E-state index is 0.117. The van der Waals surface area contributed by atoms with E-state index in [1.807, 2.05) is 13.8 Å². The zero-order valence-corrected chi connectivity index (χ0v) is 19.6.